The second-order valence-corrected chi connectivity index (χ2v) is 3.50. The lowest BCUT2D eigenvalue weighted by atomic mass is 10.0. The van der Waals surface area contributed by atoms with Gasteiger partial charge in [-0.15, -0.1) is 0 Å². The highest BCUT2D eigenvalue weighted by Crippen LogP contribution is 2.29. The molecule has 1 heterocycles. The van der Waals surface area contributed by atoms with Crippen molar-refractivity contribution in [1.29, 1.82) is 0 Å². The van der Waals surface area contributed by atoms with Gasteiger partial charge in [-0.3, -0.25) is 10.1 Å². The number of hydrogen-bond acceptors (Lipinski definition) is 4. The normalized spacial score (nSPS) is 19.4. The Morgan fingerprint density at radius 1 is 1.25 bits per heavy atom. The summed E-state index contributed by atoms with van der Waals surface area (Å²) in [5.41, 5.74) is 0.405. The molecule has 1 aliphatic heterocycles. The van der Waals surface area contributed by atoms with E-state index in [1.165, 1.54) is 6.07 Å². The summed E-state index contributed by atoms with van der Waals surface area (Å²) in [6, 6.07) is 3.22. The largest absolute Gasteiger partial charge is 0.504 e. The number of benzene rings is 1. The Balaban J connectivity index is 2.18. The van der Waals surface area contributed by atoms with Crippen molar-refractivity contribution in [2.24, 2.45) is 0 Å². The number of carbonyl (C=O) groups excluding carboxylic acids is 2. The van der Waals surface area contributed by atoms with E-state index in [0.29, 0.717) is 5.56 Å². The number of urea groups is 1. The minimum atomic E-state index is -0.708. The third kappa shape index (κ3) is 1.77. The molecule has 6 nitrogen and oxygen atoms in total. The highest BCUT2D eigenvalue weighted by molar-refractivity contribution is 6.04. The number of carbonyl (C=O) groups is 2. The topological polar surface area (TPSA) is 98.7 Å². The van der Waals surface area contributed by atoms with Crippen LogP contribution in [-0.2, 0) is 11.2 Å². The minimum absolute atomic E-state index is 0.137. The van der Waals surface area contributed by atoms with E-state index < -0.39 is 18.0 Å². The van der Waals surface area contributed by atoms with Crippen LogP contribution < -0.4 is 10.6 Å². The highest BCUT2D eigenvalue weighted by atomic mass is 16.3. The van der Waals surface area contributed by atoms with E-state index in [9.17, 15) is 19.8 Å². The highest BCUT2D eigenvalue weighted by Gasteiger charge is 2.30. The molecule has 0 aromatic heterocycles. The van der Waals surface area contributed by atoms with E-state index in [1.54, 1.807) is 12.1 Å². The van der Waals surface area contributed by atoms with Gasteiger partial charge >= 0.3 is 6.03 Å². The van der Waals surface area contributed by atoms with Crippen molar-refractivity contribution in [3.8, 4) is 11.5 Å². The van der Waals surface area contributed by atoms with Gasteiger partial charge < -0.3 is 15.5 Å². The van der Waals surface area contributed by atoms with Crippen molar-refractivity contribution in [1.82, 2.24) is 10.6 Å². The van der Waals surface area contributed by atoms with E-state index >= 15 is 0 Å². The zero-order valence-electron chi connectivity index (χ0n) is 8.23. The average Bonchev–Trinajstić information content (AvgIpc) is 2.53. The molecule has 0 bridgehead atoms. The average molecular weight is 222 g/mol. The number of imide groups is 1. The van der Waals surface area contributed by atoms with Crippen LogP contribution in [0.25, 0.3) is 0 Å². The zero-order chi connectivity index (χ0) is 11.7. The van der Waals surface area contributed by atoms with Crippen LogP contribution in [0.3, 0.4) is 0 Å². The molecule has 1 fully saturated rings. The summed E-state index contributed by atoms with van der Waals surface area (Å²) in [4.78, 5) is 22.1. The molecular formula is C10H10N2O4. The maximum Gasteiger partial charge on any atom is 0.322 e. The maximum atomic E-state index is 11.2. The zero-order valence-corrected chi connectivity index (χ0v) is 8.23. The summed E-state index contributed by atoms with van der Waals surface area (Å²) in [6.07, 6.45) is 0.137. The molecule has 0 spiro atoms. The van der Waals surface area contributed by atoms with Gasteiger partial charge in [0.15, 0.2) is 11.5 Å². The molecule has 2 rings (SSSR count). The number of phenolic OH excluding ortho intramolecular Hbond substituents is 2. The molecule has 1 saturated heterocycles. The molecule has 84 valence electrons. The molecule has 16 heavy (non-hydrogen) atoms. The Labute approximate surface area is 90.9 Å². The van der Waals surface area contributed by atoms with Crippen molar-refractivity contribution >= 4 is 11.9 Å². The fourth-order valence-corrected chi connectivity index (χ4v) is 1.57. The molecule has 1 aliphatic rings. The number of nitrogens with one attached hydrogen (secondary N) is 2. The number of rotatable bonds is 2. The van der Waals surface area contributed by atoms with Gasteiger partial charge in [0.05, 0.1) is 0 Å². The molecule has 1 aromatic rings. The standard InChI is InChI=1S/C10H10N2O4/c13-7-3-1-2-5(8(7)14)4-6-9(15)12-10(16)11-6/h1-3,6,13-14H,4H2,(H2,11,12,15,16). The molecule has 3 amide bonds. The predicted molar refractivity (Wildman–Crippen MR) is 53.9 cm³/mol. The van der Waals surface area contributed by atoms with Crippen LogP contribution in [0, 0.1) is 0 Å². The summed E-state index contributed by atoms with van der Waals surface area (Å²) in [5.74, 6) is -0.952. The quantitative estimate of drug-likeness (QED) is 0.413. The van der Waals surface area contributed by atoms with Crippen molar-refractivity contribution < 1.29 is 19.8 Å². The number of phenols is 2. The van der Waals surface area contributed by atoms with E-state index in [2.05, 4.69) is 10.6 Å². The summed E-state index contributed by atoms with van der Waals surface area (Å²) in [6.45, 7) is 0. The molecule has 4 N–H and O–H groups in total. The van der Waals surface area contributed by atoms with Gasteiger partial charge in [0.2, 0.25) is 0 Å². The predicted octanol–water partition coefficient (Wildman–Crippen LogP) is -0.152. The maximum absolute atomic E-state index is 11.2. The first kappa shape index (κ1) is 10.3. The van der Waals surface area contributed by atoms with E-state index in [0.717, 1.165) is 0 Å². The molecule has 1 atom stereocenters. The molecule has 0 radical (unpaired) electrons. The SMILES string of the molecule is O=C1NC(=O)C(Cc2cccc(O)c2O)N1. The van der Waals surface area contributed by atoms with Gasteiger partial charge in [-0.2, -0.15) is 0 Å². The summed E-state index contributed by atoms with van der Waals surface area (Å²) in [5, 5.41) is 23.3. The molecule has 6 heteroatoms. The third-order valence-corrected chi connectivity index (χ3v) is 2.38. The van der Waals surface area contributed by atoms with E-state index in [-0.39, 0.29) is 17.9 Å². The first-order valence-electron chi connectivity index (χ1n) is 4.69. The number of hydrogen-bond donors (Lipinski definition) is 4. The minimum Gasteiger partial charge on any atom is -0.504 e. The van der Waals surface area contributed by atoms with Crippen molar-refractivity contribution in [2.45, 2.75) is 12.5 Å². The molecule has 1 unspecified atom stereocenters. The van der Waals surface area contributed by atoms with Crippen molar-refractivity contribution in [3.63, 3.8) is 0 Å². The fraction of sp³-hybridized carbons (Fsp3) is 0.200. The van der Waals surface area contributed by atoms with Crippen LogP contribution >= 0.6 is 0 Å². The van der Waals surface area contributed by atoms with Gasteiger partial charge in [0.25, 0.3) is 5.91 Å². The Hall–Kier alpha value is -2.24. The van der Waals surface area contributed by atoms with Crippen LogP contribution in [0.5, 0.6) is 11.5 Å². The number of para-hydroxylation sites is 1. The Morgan fingerprint density at radius 2 is 2.00 bits per heavy atom. The first-order chi connectivity index (χ1) is 7.58. The molecule has 0 saturated carbocycles. The summed E-state index contributed by atoms with van der Waals surface area (Å²) >= 11 is 0. The van der Waals surface area contributed by atoms with Crippen molar-refractivity contribution in [3.05, 3.63) is 23.8 Å². The number of aromatic hydroxyl groups is 2. The van der Waals surface area contributed by atoms with E-state index in [1.807, 2.05) is 0 Å². The van der Waals surface area contributed by atoms with Gasteiger partial charge in [-0.25, -0.2) is 4.79 Å². The van der Waals surface area contributed by atoms with Crippen LogP contribution in [-0.4, -0.2) is 28.2 Å². The fourth-order valence-electron chi connectivity index (χ4n) is 1.57. The molecular weight excluding hydrogens is 212 g/mol. The summed E-state index contributed by atoms with van der Waals surface area (Å²) in [7, 11) is 0. The smallest absolute Gasteiger partial charge is 0.322 e. The van der Waals surface area contributed by atoms with Gasteiger partial charge in [-0.1, -0.05) is 12.1 Å². The van der Waals surface area contributed by atoms with Crippen molar-refractivity contribution in [2.75, 3.05) is 0 Å². The van der Waals surface area contributed by atoms with E-state index in [4.69, 9.17) is 0 Å². The Morgan fingerprint density at radius 3 is 2.62 bits per heavy atom. The Bertz CT molecular complexity index is 458. The van der Waals surface area contributed by atoms with Gasteiger partial charge in [0, 0.05) is 12.0 Å². The van der Waals surface area contributed by atoms with Gasteiger partial charge in [0.1, 0.15) is 6.04 Å². The van der Waals surface area contributed by atoms with Crippen LogP contribution in [0.15, 0.2) is 18.2 Å². The van der Waals surface area contributed by atoms with Crippen LogP contribution in [0.2, 0.25) is 0 Å². The third-order valence-electron chi connectivity index (χ3n) is 2.38. The lowest BCUT2D eigenvalue weighted by Crippen LogP contribution is -2.31. The lowest BCUT2D eigenvalue weighted by molar-refractivity contribution is -0.120. The summed E-state index contributed by atoms with van der Waals surface area (Å²) < 4.78 is 0. The lowest BCUT2D eigenvalue weighted by Gasteiger charge is -2.09. The molecule has 0 aliphatic carbocycles. The number of amides is 3. The second-order valence-electron chi connectivity index (χ2n) is 3.50. The molecule has 1 aromatic carbocycles. The van der Waals surface area contributed by atoms with Crippen LogP contribution in [0.1, 0.15) is 5.56 Å². The van der Waals surface area contributed by atoms with Crippen LogP contribution in [0.4, 0.5) is 4.79 Å². The van der Waals surface area contributed by atoms with Gasteiger partial charge in [-0.05, 0) is 6.07 Å². The Kier molecular flexibility index (Phi) is 2.40. The monoisotopic (exact) mass is 222 g/mol. The second kappa shape index (κ2) is 3.73. The first-order valence-corrected chi connectivity index (χ1v) is 4.69.